The molecular formula is C13H16N2O. The summed E-state index contributed by atoms with van der Waals surface area (Å²) < 4.78 is 5.79. The molecule has 1 saturated heterocycles. The lowest BCUT2D eigenvalue weighted by molar-refractivity contribution is 0.302. The summed E-state index contributed by atoms with van der Waals surface area (Å²) in [6.07, 6.45) is 2.62. The van der Waals surface area contributed by atoms with Gasteiger partial charge in [-0.05, 0) is 44.1 Å². The van der Waals surface area contributed by atoms with Crippen molar-refractivity contribution in [3.05, 3.63) is 30.0 Å². The lowest BCUT2D eigenvalue weighted by Gasteiger charge is -2.11. The van der Waals surface area contributed by atoms with Crippen molar-refractivity contribution in [3.8, 4) is 0 Å². The predicted octanol–water partition coefficient (Wildman–Crippen LogP) is 2.61. The van der Waals surface area contributed by atoms with E-state index < -0.39 is 0 Å². The lowest BCUT2D eigenvalue weighted by Crippen LogP contribution is -2.17. The minimum Gasteiger partial charge on any atom is -0.460 e. The third-order valence-electron chi connectivity index (χ3n) is 3.22. The summed E-state index contributed by atoms with van der Waals surface area (Å²) >= 11 is 0. The van der Waals surface area contributed by atoms with Crippen LogP contribution >= 0.6 is 0 Å². The fraction of sp³-hybridized carbons (Fsp3) is 0.385. The number of hydrogen-bond donors (Lipinski definition) is 1. The third-order valence-corrected chi connectivity index (χ3v) is 3.22. The average molecular weight is 216 g/mol. The number of rotatable bonds is 2. The van der Waals surface area contributed by atoms with Gasteiger partial charge in [0.05, 0.1) is 6.54 Å². The Morgan fingerprint density at radius 2 is 2.06 bits per heavy atom. The van der Waals surface area contributed by atoms with E-state index in [-0.39, 0.29) is 0 Å². The Hall–Kier alpha value is -1.48. The quantitative estimate of drug-likeness (QED) is 0.785. The van der Waals surface area contributed by atoms with Crippen molar-refractivity contribution in [2.24, 2.45) is 0 Å². The van der Waals surface area contributed by atoms with E-state index in [4.69, 9.17) is 10.2 Å². The molecule has 16 heavy (non-hydrogen) atoms. The molecular weight excluding hydrogens is 200 g/mol. The van der Waals surface area contributed by atoms with Gasteiger partial charge in [-0.15, -0.1) is 0 Å². The van der Waals surface area contributed by atoms with Crippen molar-refractivity contribution in [1.29, 1.82) is 0 Å². The van der Waals surface area contributed by atoms with E-state index >= 15 is 0 Å². The maximum atomic E-state index is 5.90. The van der Waals surface area contributed by atoms with Crippen molar-refractivity contribution in [1.82, 2.24) is 4.90 Å². The van der Waals surface area contributed by atoms with E-state index in [0.717, 1.165) is 29.0 Å². The molecule has 3 heteroatoms. The molecule has 3 rings (SSSR count). The van der Waals surface area contributed by atoms with Crippen LogP contribution in [0.15, 0.2) is 28.7 Å². The molecule has 0 aliphatic carbocycles. The van der Waals surface area contributed by atoms with Crippen LogP contribution in [0.25, 0.3) is 11.0 Å². The van der Waals surface area contributed by atoms with Gasteiger partial charge in [-0.3, -0.25) is 4.90 Å². The van der Waals surface area contributed by atoms with Crippen LogP contribution in [-0.4, -0.2) is 18.0 Å². The largest absolute Gasteiger partial charge is 0.460 e. The number of nitrogen functional groups attached to an aromatic ring is 1. The molecule has 0 bridgehead atoms. The molecule has 3 nitrogen and oxygen atoms in total. The van der Waals surface area contributed by atoms with Gasteiger partial charge in [0.1, 0.15) is 11.3 Å². The van der Waals surface area contributed by atoms with Gasteiger partial charge >= 0.3 is 0 Å². The summed E-state index contributed by atoms with van der Waals surface area (Å²) in [5.41, 5.74) is 7.60. The second-order valence-electron chi connectivity index (χ2n) is 4.46. The van der Waals surface area contributed by atoms with Crippen molar-refractivity contribution >= 4 is 16.7 Å². The van der Waals surface area contributed by atoms with Crippen LogP contribution in [-0.2, 0) is 6.54 Å². The standard InChI is InChI=1S/C13H16N2O/c14-12-4-3-5-13-11(12)8-10(16-13)9-15-6-1-2-7-15/h3-5,8H,1-2,6-7,9,14H2. The highest BCUT2D eigenvalue weighted by molar-refractivity contribution is 5.89. The third kappa shape index (κ3) is 1.67. The number of furan rings is 1. The first-order valence-electron chi connectivity index (χ1n) is 5.82. The average Bonchev–Trinajstić information content (AvgIpc) is 2.88. The van der Waals surface area contributed by atoms with Gasteiger partial charge in [-0.2, -0.15) is 0 Å². The first-order valence-corrected chi connectivity index (χ1v) is 5.82. The summed E-state index contributed by atoms with van der Waals surface area (Å²) in [6, 6.07) is 7.89. The van der Waals surface area contributed by atoms with E-state index in [1.807, 2.05) is 18.2 Å². The molecule has 0 spiro atoms. The Bertz CT molecular complexity index is 498. The molecule has 84 valence electrons. The number of nitrogens with two attached hydrogens (primary N) is 1. The summed E-state index contributed by atoms with van der Waals surface area (Å²) in [5, 5.41) is 1.04. The summed E-state index contributed by atoms with van der Waals surface area (Å²) in [5.74, 6) is 1.02. The zero-order valence-electron chi connectivity index (χ0n) is 9.28. The zero-order chi connectivity index (χ0) is 11.0. The second-order valence-corrected chi connectivity index (χ2v) is 4.46. The van der Waals surface area contributed by atoms with Crippen LogP contribution < -0.4 is 5.73 Å². The monoisotopic (exact) mass is 216 g/mol. The van der Waals surface area contributed by atoms with Crippen molar-refractivity contribution in [2.45, 2.75) is 19.4 Å². The van der Waals surface area contributed by atoms with Crippen molar-refractivity contribution < 1.29 is 4.42 Å². The SMILES string of the molecule is Nc1cccc2oc(CN3CCCC3)cc12. The Kier molecular flexibility index (Phi) is 2.33. The second kappa shape index (κ2) is 3.83. The van der Waals surface area contributed by atoms with Gasteiger partial charge in [0.2, 0.25) is 0 Å². The Morgan fingerprint density at radius 1 is 1.25 bits per heavy atom. The fourth-order valence-corrected chi connectivity index (χ4v) is 2.38. The highest BCUT2D eigenvalue weighted by atomic mass is 16.3. The van der Waals surface area contributed by atoms with Gasteiger partial charge in [-0.1, -0.05) is 6.07 Å². The van der Waals surface area contributed by atoms with Crippen LogP contribution in [0, 0.1) is 0 Å². The molecule has 1 aliphatic rings. The van der Waals surface area contributed by atoms with Gasteiger partial charge < -0.3 is 10.2 Å². The first kappa shape index (κ1) is 9.73. The lowest BCUT2D eigenvalue weighted by atomic mass is 10.2. The van der Waals surface area contributed by atoms with Crippen LogP contribution in [0.4, 0.5) is 5.69 Å². The van der Waals surface area contributed by atoms with Crippen molar-refractivity contribution in [2.75, 3.05) is 18.8 Å². The first-order chi connectivity index (χ1) is 7.83. The predicted molar refractivity (Wildman–Crippen MR) is 65.1 cm³/mol. The Balaban J connectivity index is 1.90. The highest BCUT2D eigenvalue weighted by Gasteiger charge is 2.14. The summed E-state index contributed by atoms with van der Waals surface area (Å²) in [7, 11) is 0. The Morgan fingerprint density at radius 3 is 2.81 bits per heavy atom. The maximum Gasteiger partial charge on any atom is 0.136 e. The maximum absolute atomic E-state index is 5.90. The van der Waals surface area contributed by atoms with Crippen LogP contribution in [0.2, 0.25) is 0 Å². The molecule has 1 fully saturated rings. The minimum atomic E-state index is 0.800. The van der Waals surface area contributed by atoms with E-state index in [9.17, 15) is 0 Å². The normalized spacial score (nSPS) is 17.2. The minimum absolute atomic E-state index is 0.800. The molecule has 1 aromatic carbocycles. The molecule has 2 aromatic rings. The smallest absolute Gasteiger partial charge is 0.136 e. The number of anilines is 1. The number of fused-ring (bicyclic) bond motifs is 1. The summed E-state index contributed by atoms with van der Waals surface area (Å²) in [4.78, 5) is 2.42. The molecule has 1 aliphatic heterocycles. The van der Waals surface area contributed by atoms with Gasteiger partial charge in [-0.25, -0.2) is 0 Å². The zero-order valence-corrected chi connectivity index (χ0v) is 9.28. The van der Waals surface area contributed by atoms with Crippen molar-refractivity contribution in [3.63, 3.8) is 0 Å². The van der Waals surface area contributed by atoms with E-state index in [2.05, 4.69) is 11.0 Å². The van der Waals surface area contributed by atoms with Gasteiger partial charge in [0.25, 0.3) is 0 Å². The molecule has 0 amide bonds. The number of likely N-dealkylation sites (tertiary alicyclic amines) is 1. The van der Waals surface area contributed by atoms with Crippen LogP contribution in [0.3, 0.4) is 0 Å². The van der Waals surface area contributed by atoms with Gasteiger partial charge in [0, 0.05) is 11.1 Å². The molecule has 0 saturated carbocycles. The molecule has 2 heterocycles. The molecule has 2 N–H and O–H groups in total. The summed E-state index contributed by atoms with van der Waals surface area (Å²) in [6.45, 7) is 3.28. The molecule has 1 aromatic heterocycles. The molecule has 0 radical (unpaired) electrons. The van der Waals surface area contributed by atoms with Gasteiger partial charge in [0.15, 0.2) is 0 Å². The number of benzene rings is 1. The van der Waals surface area contributed by atoms with E-state index in [1.54, 1.807) is 0 Å². The van der Waals surface area contributed by atoms with Crippen LogP contribution in [0.5, 0.6) is 0 Å². The molecule has 0 atom stereocenters. The topological polar surface area (TPSA) is 42.4 Å². The van der Waals surface area contributed by atoms with E-state index in [0.29, 0.717) is 0 Å². The highest BCUT2D eigenvalue weighted by Crippen LogP contribution is 2.26. The number of hydrogen-bond acceptors (Lipinski definition) is 3. The van der Waals surface area contributed by atoms with Crippen LogP contribution in [0.1, 0.15) is 18.6 Å². The fourth-order valence-electron chi connectivity index (χ4n) is 2.38. The van der Waals surface area contributed by atoms with E-state index in [1.165, 1.54) is 25.9 Å². The molecule has 0 unspecified atom stereocenters. The number of nitrogens with zero attached hydrogens (tertiary/aromatic N) is 1. The Labute approximate surface area is 94.8 Å².